The van der Waals surface area contributed by atoms with Crippen LogP contribution in [0.15, 0.2) is 30.3 Å². The van der Waals surface area contributed by atoms with Crippen molar-refractivity contribution in [1.82, 2.24) is 25.3 Å². The van der Waals surface area contributed by atoms with E-state index in [0.29, 0.717) is 5.69 Å². The molecule has 132 valence electrons. The maximum Gasteiger partial charge on any atom is 0.274 e. The van der Waals surface area contributed by atoms with Crippen molar-refractivity contribution < 1.29 is 4.79 Å². The number of amides is 1. The number of hydrogen-bond donors (Lipinski definition) is 2. The fourth-order valence-corrected chi connectivity index (χ4v) is 3.73. The molecule has 25 heavy (non-hydrogen) atoms. The van der Waals surface area contributed by atoms with Gasteiger partial charge in [0.2, 0.25) is 0 Å². The number of carbonyl (C=O) groups is 1. The van der Waals surface area contributed by atoms with Crippen molar-refractivity contribution >= 4 is 5.91 Å². The molecule has 1 aromatic carbocycles. The highest BCUT2D eigenvalue weighted by Gasteiger charge is 2.27. The van der Waals surface area contributed by atoms with E-state index in [2.05, 4.69) is 44.7 Å². The van der Waals surface area contributed by atoms with E-state index in [1.807, 2.05) is 11.0 Å². The lowest BCUT2D eigenvalue weighted by Gasteiger charge is -2.22. The topological polar surface area (TPSA) is 64.3 Å². The summed E-state index contributed by atoms with van der Waals surface area (Å²) >= 11 is 0. The molecule has 2 aromatic rings. The molecular weight excluding hydrogens is 314 g/mol. The van der Waals surface area contributed by atoms with Gasteiger partial charge in [0.1, 0.15) is 0 Å². The second kappa shape index (κ2) is 7.37. The van der Waals surface area contributed by atoms with Crippen LogP contribution < -0.4 is 5.32 Å². The van der Waals surface area contributed by atoms with E-state index >= 15 is 0 Å². The van der Waals surface area contributed by atoms with Crippen molar-refractivity contribution in [2.45, 2.75) is 25.9 Å². The molecule has 0 radical (unpaired) electrons. The molecule has 6 heteroatoms. The number of fused-ring (bicyclic) bond motifs is 1. The third-order valence-electron chi connectivity index (χ3n) is 5.13. The molecule has 0 spiro atoms. The Labute approximate surface area is 148 Å². The first-order valence-corrected chi connectivity index (χ1v) is 9.13. The third kappa shape index (κ3) is 3.60. The SMILES string of the molecule is O=C(c1n[nH]c2c1CNCC2)N1CCCN(Cc2ccccc2)CC1. The van der Waals surface area contributed by atoms with Crippen LogP contribution in [0.2, 0.25) is 0 Å². The van der Waals surface area contributed by atoms with E-state index in [1.54, 1.807) is 0 Å². The minimum absolute atomic E-state index is 0.0720. The highest BCUT2D eigenvalue weighted by molar-refractivity contribution is 5.94. The summed E-state index contributed by atoms with van der Waals surface area (Å²) in [6.07, 6.45) is 1.92. The number of nitrogens with zero attached hydrogens (tertiary/aromatic N) is 3. The number of H-pyrrole nitrogens is 1. The Hall–Kier alpha value is -2.18. The number of nitrogens with one attached hydrogen (secondary N) is 2. The monoisotopic (exact) mass is 339 g/mol. The molecule has 3 heterocycles. The summed E-state index contributed by atoms with van der Waals surface area (Å²) in [7, 11) is 0. The van der Waals surface area contributed by atoms with Gasteiger partial charge in [0, 0.05) is 63.5 Å². The molecule has 6 nitrogen and oxygen atoms in total. The minimum Gasteiger partial charge on any atom is -0.336 e. The second-order valence-corrected chi connectivity index (χ2v) is 6.86. The molecule has 0 bridgehead atoms. The van der Waals surface area contributed by atoms with Crippen LogP contribution in [-0.4, -0.2) is 58.6 Å². The lowest BCUT2D eigenvalue weighted by molar-refractivity contribution is 0.0754. The largest absolute Gasteiger partial charge is 0.336 e. The Morgan fingerprint density at radius 2 is 2.00 bits per heavy atom. The Kier molecular flexibility index (Phi) is 4.81. The van der Waals surface area contributed by atoms with Gasteiger partial charge in [-0.1, -0.05) is 30.3 Å². The first kappa shape index (κ1) is 16.3. The number of aromatic nitrogens is 2. The predicted octanol–water partition coefficient (Wildman–Crippen LogP) is 1.40. The number of aromatic amines is 1. The third-order valence-corrected chi connectivity index (χ3v) is 5.13. The van der Waals surface area contributed by atoms with E-state index in [9.17, 15) is 4.79 Å². The molecule has 0 unspecified atom stereocenters. The van der Waals surface area contributed by atoms with E-state index in [1.165, 1.54) is 5.56 Å². The van der Waals surface area contributed by atoms with Gasteiger partial charge in [-0.15, -0.1) is 0 Å². The quantitative estimate of drug-likeness (QED) is 0.887. The molecule has 1 amide bonds. The van der Waals surface area contributed by atoms with Crippen molar-refractivity contribution in [1.29, 1.82) is 0 Å². The molecule has 0 saturated carbocycles. The molecule has 2 N–H and O–H groups in total. The van der Waals surface area contributed by atoms with Gasteiger partial charge in [-0.3, -0.25) is 14.8 Å². The van der Waals surface area contributed by atoms with Gasteiger partial charge in [0.15, 0.2) is 5.69 Å². The summed E-state index contributed by atoms with van der Waals surface area (Å²) in [5, 5.41) is 10.7. The van der Waals surface area contributed by atoms with Crippen LogP contribution in [0.1, 0.15) is 33.7 Å². The van der Waals surface area contributed by atoms with Crippen molar-refractivity contribution in [2.75, 3.05) is 32.7 Å². The smallest absolute Gasteiger partial charge is 0.274 e. The molecule has 2 aliphatic rings. The molecule has 1 saturated heterocycles. The number of rotatable bonds is 3. The number of hydrogen-bond acceptors (Lipinski definition) is 4. The van der Waals surface area contributed by atoms with Crippen LogP contribution in [0, 0.1) is 0 Å². The lowest BCUT2D eigenvalue weighted by atomic mass is 10.1. The Morgan fingerprint density at radius 3 is 2.88 bits per heavy atom. The van der Waals surface area contributed by atoms with E-state index in [4.69, 9.17) is 0 Å². The van der Waals surface area contributed by atoms with Crippen LogP contribution in [-0.2, 0) is 19.5 Å². The van der Waals surface area contributed by atoms with Crippen LogP contribution in [0.25, 0.3) is 0 Å². The fourth-order valence-electron chi connectivity index (χ4n) is 3.73. The second-order valence-electron chi connectivity index (χ2n) is 6.86. The molecule has 0 aliphatic carbocycles. The Bertz CT molecular complexity index is 727. The first-order chi connectivity index (χ1) is 12.3. The van der Waals surface area contributed by atoms with E-state index in [0.717, 1.165) is 69.9 Å². The summed E-state index contributed by atoms with van der Waals surface area (Å²) in [4.78, 5) is 17.4. The average Bonchev–Trinajstić information content (AvgIpc) is 2.95. The van der Waals surface area contributed by atoms with Gasteiger partial charge in [-0.2, -0.15) is 5.10 Å². The molecule has 4 rings (SSSR count). The molecule has 0 atom stereocenters. The standard InChI is InChI=1S/C19H25N5O/c25-19(18-16-13-20-8-7-17(16)21-22-18)24-10-4-9-23(11-12-24)14-15-5-2-1-3-6-15/h1-3,5-6,20H,4,7-14H2,(H,21,22). The van der Waals surface area contributed by atoms with Crippen LogP contribution in [0.5, 0.6) is 0 Å². The van der Waals surface area contributed by atoms with Crippen LogP contribution in [0.4, 0.5) is 0 Å². The molecular formula is C19H25N5O. The zero-order valence-corrected chi connectivity index (χ0v) is 14.5. The lowest BCUT2D eigenvalue weighted by Crippen LogP contribution is -2.36. The number of carbonyl (C=O) groups excluding carboxylic acids is 1. The minimum atomic E-state index is 0.0720. The Morgan fingerprint density at radius 1 is 1.12 bits per heavy atom. The summed E-state index contributed by atoms with van der Waals surface area (Å²) in [6, 6.07) is 10.5. The summed E-state index contributed by atoms with van der Waals surface area (Å²) in [5.41, 5.74) is 4.11. The van der Waals surface area contributed by atoms with Crippen molar-refractivity contribution in [3.8, 4) is 0 Å². The van der Waals surface area contributed by atoms with E-state index < -0.39 is 0 Å². The van der Waals surface area contributed by atoms with Gasteiger partial charge in [-0.25, -0.2) is 0 Å². The Balaban J connectivity index is 1.40. The zero-order chi connectivity index (χ0) is 17.1. The predicted molar refractivity (Wildman–Crippen MR) is 96.2 cm³/mol. The van der Waals surface area contributed by atoms with Gasteiger partial charge >= 0.3 is 0 Å². The van der Waals surface area contributed by atoms with Crippen molar-refractivity contribution in [2.24, 2.45) is 0 Å². The van der Waals surface area contributed by atoms with E-state index in [-0.39, 0.29) is 5.91 Å². The highest BCUT2D eigenvalue weighted by atomic mass is 16.2. The normalized spacial score (nSPS) is 18.6. The average molecular weight is 339 g/mol. The summed E-state index contributed by atoms with van der Waals surface area (Å²) in [5.74, 6) is 0.0720. The van der Waals surface area contributed by atoms with Crippen molar-refractivity contribution in [3.05, 3.63) is 52.8 Å². The van der Waals surface area contributed by atoms with Gasteiger partial charge in [0.05, 0.1) is 0 Å². The maximum atomic E-state index is 12.9. The molecule has 1 aromatic heterocycles. The molecule has 2 aliphatic heterocycles. The van der Waals surface area contributed by atoms with Crippen LogP contribution >= 0.6 is 0 Å². The number of benzene rings is 1. The van der Waals surface area contributed by atoms with Gasteiger partial charge in [-0.05, 0) is 12.0 Å². The van der Waals surface area contributed by atoms with Gasteiger partial charge in [0.25, 0.3) is 5.91 Å². The summed E-state index contributed by atoms with van der Waals surface area (Å²) < 4.78 is 0. The van der Waals surface area contributed by atoms with Crippen LogP contribution in [0.3, 0.4) is 0 Å². The first-order valence-electron chi connectivity index (χ1n) is 9.13. The highest BCUT2D eigenvalue weighted by Crippen LogP contribution is 2.18. The molecule has 1 fully saturated rings. The zero-order valence-electron chi connectivity index (χ0n) is 14.5. The van der Waals surface area contributed by atoms with Gasteiger partial charge < -0.3 is 10.2 Å². The fraction of sp³-hybridized carbons (Fsp3) is 0.474. The summed E-state index contributed by atoms with van der Waals surface area (Å²) in [6.45, 7) is 6.14. The maximum absolute atomic E-state index is 12.9. The van der Waals surface area contributed by atoms with Crippen molar-refractivity contribution in [3.63, 3.8) is 0 Å².